The van der Waals surface area contributed by atoms with Gasteiger partial charge in [0.05, 0.1) is 17.4 Å². The highest BCUT2D eigenvalue weighted by Crippen LogP contribution is 2.25. The van der Waals surface area contributed by atoms with Gasteiger partial charge >= 0.3 is 21.9 Å². The molecule has 7 heteroatoms. The number of nitrogens with zero attached hydrogens (tertiary/aromatic N) is 1. The van der Waals surface area contributed by atoms with E-state index in [-0.39, 0.29) is 23.4 Å². The van der Waals surface area contributed by atoms with Crippen LogP contribution in [0.1, 0.15) is 48.0 Å². The normalized spacial score (nSPS) is 19.2. The van der Waals surface area contributed by atoms with Crippen molar-refractivity contribution < 1.29 is 26.7 Å². The first kappa shape index (κ1) is 23.0. The molecule has 0 unspecified atom stereocenters. The molecular formula is C22H30NO5S+. The molecule has 1 aliphatic rings. The minimum absolute atomic E-state index is 0.0566. The number of carbonyl (C=O) groups excluding carboxylic acids is 2. The number of hydrogen-bond donors (Lipinski definition) is 0. The molecule has 0 fully saturated rings. The lowest BCUT2D eigenvalue weighted by atomic mass is 9.96. The molecular weight excluding hydrogens is 390 g/mol. The molecule has 0 heterocycles. The second-order valence-electron chi connectivity index (χ2n) is 9.30. The molecule has 0 bridgehead atoms. The zero-order chi connectivity index (χ0) is 22.0. The van der Waals surface area contributed by atoms with Gasteiger partial charge in [0.25, 0.3) is 0 Å². The van der Waals surface area contributed by atoms with Crippen molar-refractivity contribution in [3.05, 3.63) is 42.5 Å². The largest absolute Gasteiger partial charge is 0.465 e. The van der Waals surface area contributed by atoms with Gasteiger partial charge in [-0.15, -0.1) is 0 Å². The fourth-order valence-electron chi connectivity index (χ4n) is 2.71. The van der Waals surface area contributed by atoms with Crippen molar-refractivity contribution in [2.24, 2.45) is 16.7 Å². The molecule has 0 N–H and O–H groups in total. The maximum atomic E-state index is 13.3. The van der Waals surface area contributed by atoms with E-state index in [1.54, 1.807) is 71.9 Å². The van der Waals surface area contributed by atoms with Gasteiger partial charge in [0.15, 0.2) is 0 Å². The van der Waals surface area contributed by atoms with Crippen LogP contribution >= 0.6 is 0 Å². The highest BCUT2D eigenvalue weighted by atomic mass is 32.2. The SMILES string of the molecule is CC(C)(C)C(=O)OC[C@@H]1C=C/C(=[N+](/C(=O)C(C)(C)C)S(=O)(=O)c2ccccc2)C1. The minimum atomic E-state index is -4.06. The van der Waals surface area contributed by atoms with Crippen LogP contribution < -0.4 is 0 Å². The van der Waals surface area contributed by atoms with E-state index in [1.165, 1.54) is 12.1 Å². The molecule has 0 radical (unpaired) electrons. The molecule has 1 aliphatic carbocycles. The Morgan fingerprint density at radius 3 is 2.14 bits per heavy atom. The topological polar surface area (TPSA) is 80.5 Å². The van der Waals surface area contributed by atoms with Crippen LogP contribution in [0.4, 0.5) is 0 Å². The van der Waals surface area contributed by atoms with Gasteiger partial charge < -0.3 is 4.74 Å². The van der Waals surface area contributed by atoms with Crippen molar-refractivity contribution >= 4 is 27.6 Å². The Morgan fingerprint density at radius 1 is 1.03 bits per heavy atom. The molecule has 2 rings (SSSR count). The summed E-state index contributed by atoms with van der Waals surface area (Å²) in [6.45, 7) is 10.5. The monoisotopic (exact) mass is 420 g/mol. The third-order valence-electron chi connectivity index (χ3n) is 4.44. The minimum Gasteiger partial charge on any atom is -0.465 e. The first-order valence-electron chi connectivity index (χ1n) is 9.60. The molecule has 0 saturated heterocycles. The second-order valence-corrected chi connectivity index (χ2v) is 11.1. The molecule has 0 saturated carbocycles. The summed E-state index contributed by atoms with van der Waals surface area (Å²) in [4.78, 5) is 25.1. The van der Waals surface area contributed by atoms with E-state index in [2.05, 4.69) is 0 Å². The van der Waals surface area contributed by atoms with Crippen LogP contribution in [0.15, 0.2) is 47.4 Å². The number of hydrogen-bond acceptors (Lipinski definition) is 5. The van der Waals surface area contributed by atoms with E-state index < -0.39 is 26.8 Å². The molecule has 1 aromatic carbocycles. The summed E-state index contributed by atoms with van der Waals surface area (Å²) < 4.78 is 32.8. The van der Waals surface area contributed by atoms with E-state index in [0.29, 0.717) is 12.1 Å². The van der Waals surface area contributed by atoms with E-state index in [1.807, 2.05) is 0 Å². The molecule has 0 aliphatic heterocycles. The van der Waals surface area contributed by atoms with Crippen molar-refractivity contribution in [3.8, 4) is 0 Å². The van der Waals surface area contributed by atoms with E-state index >= 15 is 0 Å². The molecule has 158 valence electrons. The summed E-state index contributed by atoms with van der Waals surface area (Å²) in [5.41, 5.74) is -1.12. The lowest BCUT2D eigenvalue weighted by Crippen LogP contribution is -2.39. The summed E-state index contributed by atoms with van der Waals surface area (Å²) in [6.07, 6.45) is 3.72. The molecule has 1 atom stereocenters. The Balaban J connectivity index is 2.38. The van der Waals surface area contributed by atoms with Gasteiger partial charge in [-0.05, 0) is 57.7 Å². The van der Waals surface area contributed by atoms with Gasteiger partial charge in [0.1, 0.15) is 4.90 Å². The molecule has 0 aromatic heterocycles. The van der Waals surface area contributed by atoms with E-state index in [4.69, 9.17) is 4.74 Å². The Bertz CT molecular complexity index is 945. The second kappa shape index (κ2) is 8.22. The number of benzene rings is 1. The highest BCUT2D eigenvalue weighted by molar-refractivity contribution is 7.86. The van der Waals surface area contributed by atoms with Crippen molar-refractivity contribution in [2.45, 2.75) is 52.9 Å². The molecule has 0 spiro atoms. The van der Waals surface area contributed by atoms with Crippen LogP contribution in [0.3, 0.4) is 0 Å². The number of amides is 1. The van der Waals surface area contributed by atoms with Gasteiger partial charge in [-0.25, -0.2) is 4.79 Å². The summed E-state index contributed by atoms with van der Waals surface area (Å²) in [6, 6.07) is 7.91. The highest BCUT2D eigenvalue weighted by Gasteiger charge is 2.45. The quantitative estimate of drug-likeness (QED) is 0.549. The molecule has 29 heavy (non-hydrogen) atoms. The standard InChI is InChI=1S/C22H30NO5S/c1-21(2,3)19(24)23(29(26,27)18-10-8-7-9-11-18)17-13-12-16(14-17)15-28-20(25)22(4,5)6/h7-13,16H,14-15H2,1-6H3/q+1/b23-17+/t16-/m1/s1. The number of carbonyl (C=O) groups is 2. The first-order chi connectivity index (χ1) is 13.2. The zero-order valence-corrected chi connectivity index (χ0v) is 18.7. The maximum Gasteiger partial charge on any atom is 0.409 e. The third kappa shape index (κ3) is 5.41. The Morgan fingerprint density at radius 2 is 1.62 bits per heavy atom. The molecule has 1 amide bonds. The molecule has 6 nitrogen and oxygen atoms in total. The summed E-state index contributed by atoms with van der Waals surface area (Å²) in [7, 11) is -4.06. The smallest absolute Gasteiger partial charge is 0.409 e. The van der Waals surface area contributed by atoms with E-state index in [0.717, 1.165) is 3.98 Å². The predicted octanol–water partition coefficient (Wildman–Crippen LogP) is 3.57. The number of esters is 1. The fourth-order valence-corrected chi connectivity index (χ4v) is 4.36. The van der Waals surface area contributed by atoms with Crippen molar-refractivity contribution in [1.82, 2.24) is 0 Å². The van der Waals surface area contributed by atoms with Crippen LogP contribution in [-0.4, -0.2) is 36.6 Å². The maximum absolute atomic E-state index is 13.3. The average molecular weight is 421 g/mol. The number of sulfonamides is 1. The van der Waals surface area contributed by atoms with Gasteiger partial charge in [0, 0.05) is 18.4 Å². The summed E-state index contributed by atoms with van der Waals surface area (Å²) >= 11 is 0. The number of ether oxygens (including phenoxy) is 1. The van der Waals surface area contributed by atoms with E-state index in [9.17, 15) is 18.0 Å². The average Bonchev–Trinajstić information content (AvgIpc) is 3.07. The summed E-state index contributed by atoms with van der Waals surface area (Å²) in [5, 5.41) is 0. The number of rotatable bonds is 4. The van der Waals surface area contributed by atoms with Gasteiger partial charge in [-0.3, -0.25) is 4.79 Å². The van der Waals surface area contributed by atoms with Crippen LogP contribution in [0, 0.1) is 16.7 Å². The lowest BCUT2D eigenvalue weighted by Gasteiger charge is -2.18. The first-order valence-corrected chi connectivity index (χ1v) is 11.0. The van der Waals surface area contributed by atoms with Crippen LogP contribution in [-0.2, 0) is 24.3 Å². The van der Waals surface area contributed by atoms with Crippen molar-refractivity contribution in [2.75, 3.05) is 6.61 Å². The van der Waals surface area contributed by atoms with Crippen LogP contribution in [0.2, 0.25) is 0 Å². The Hall–Kier alpha value is -2.28. The Kier molecular flexibility index (Phi) is 6.52. The van der Waals surface area contributed by atoms with Gasteiger partial charge in [0.2, 0.25) is 5.71 Å². The molecule has 1 aromatic rings. The summed E-state index contributed by atoms with van der Waals surface area (Å²) in [5.74, 6) is -1.01. The number of allylic oxidation sites excluding steroid dienone is 1. The van der Waals surface area contributed by atoms with Crippen molar-refractivity contribution in [1.29, 1.82) is 0 Å². The third-order valence-corrected chi connectivity index (χ3v) is 6.19. The fraction of sp³-hybridized carbons (Fsp3) is 0.500. The van der Waals surface area contributed by atoms with Gasteiger partial charge in [-0.2, -0.15) is 8.42 Å². The zero-order valence-electron chi connectivity index (χ0n) is 17.9. The predicted molar refractivity (Wildman–Crippen MR) is 111 cm³/mol. The lowest BCUT2D eigenvalue weighted by molar-refractivity contribution is -0.318. The van der Waals surface area contributed by atoms with Crippen LogP contribution in [0.5, 0.6) is 0 Å². The van der Waals surface area contributed by atoms with Gasteiger partial charge in [-0.1, -0.05) is 24.3 Å². The van der Waals surface area contributed by atoms with Crippen LogP contribution in [0.25, 0.3) is 0 Å². The Labute approximate surface area is 173 Å². The van der Waals surface area contributed by atoms with Crippen molar-refractivity contribution in [3.63, 3.8) is 0 Å².